The third-order valence-corrected chi connectivity index (χ3v) is 7.27. The number of aryl methyl sites for hydroxylation is 1. The number of hydrogen-bond acceptors (Lipinski definition) is 3. The number of benzene rings is 1. The van der Waals surface area contributed by atoms with Crippen molar-refractivity contribution in [2.75, 3.05) is 0 Å². The summed E-state index contributed by atoms with van der Waals surface area (Å²) in [6.45, 7) is 9.16. The van der Waals surface area contributed by atoms with E-state index in [1.54, 1.807) is 0 Å². The van der Waals surface area contributed by atoms with Gasteiger partial charge in [-0.3, -0.25) is 0 Å². The van der Waals surface area contributed by atoms with Crippen molar-refractivity contribution < 1.29 is 13.7 Å². The third kappa shape index (κ3) is 1.82. The molecule has 1 aromatic carbocycles. The molecule has 0 spiro atoms. The number of furan rings is 1. The standard InChI is InChI=1S/C20H25BO3/c1-12-6-5-7-15-13(11-22-18(12)15)10-21-23-17-9-14-8-16(19(14,2)3)20(17,4)24-21/h5-7,11,14,16-17H,8-10H2,1-4H3/t14-,16-,17?,20-/m0/s1. The number of fused-ring (bicyclic) bond motifs is 1. The van der Waals surface area contributed by atoms with Crippen molar-refractivity contribution in [3.63, 3.8) is 0 Å². The second-order valence-corrected chi connectivity index (χ2v) is 8.81. The van der Waals surface area contributed by atoms with Gasteiger partial charge >= 0.3 is 7.12 Å². The average molecular weight is 324 g/mol. The van der Waals surface area contributed by atoms with Crippen LogP contribution in [0.4, 0.5) is 0 Å². The zero-order chi connectivity index (χ0) is 16.7. The highest BCUT2D eigenvalue weighted by molar-refractivity contribution is 6.45. The minimum absolute atomic E-state index is 0.127. The smallest absolute Gasteiger partial charge is 0.462 e. The maximum absolute atomic E-state index is 6.53. The summed E-state index contributed by atoms with van der Waals surface area (Å²) < 4.78 is 18.7. The molecule has 0 N–H and O–H groups in total. The fourth-order valence-corrected chi connectivity index (χ4v) is 5.63. The maximum atomic E-state index is 6.53. The first-order valence-corrected chi connectivity index (χ1v) is 9.18. The van der Waals surface area contributed by atoms with E-state index in [-0.39, 0.29) is 18.8 Å². The maximum Gasteiger partial charge on any atom is 0.462 e. The van der Waals surface area contributed by atoms with Crippen LogP contribution in [0.2, 0.25) is 0 Å². The molecule has 1 aromatic heterocycles. The summed E-state index contributed by atoms with van der Waals surface area (Å²) in [5.74, 6) is 1.41. The Bertz CT molecular complexity index is 810. The molecule has 2 aromatic rings. The van der Waals surface area contributed by atoms with E-state index < -0.39 is 0 Å². The van der Waals surface area contributed by atoms with E-state index in [0.717, 1.165) is 24.2 Å². The predicted molar refractivity (Wildman–Crippen MR) is 94.8 cm³/mol. The molecular weight excluding hydrogens is 299 g/mol. The van der Waals surface area contributed by atoms with E-state index in [2.05, 4.69) is 45.9 Å². The highest BCUT2D eigenvalue weighted by atomic mass is 16.7. The van der Waals surface area contributed by atoms with E-state index in [9.17, 15) is 0 Å². The van der Waals surface area contributed by atoms with Crippen molar-refractivity contribution in [2.24, 2.45) is 17.3 Å². The second kappa shape index (κ2) is 4.67. The van der Waals surface area contributed by atoms with Crippen molar-refractivity contribution in [3.05, 3.63) is 35.6 Å². The van der Waals surface area contributed by atoms with Crippen LogP contribution in [-0.2, 0) is 15.6 Å². The Balaban J connectivity index is 1.41. The van der Waals surface area contributed by atoms with Gasteiger partial charge in [0.15, 0.2) is 0 Å². The molecule has 6 rings (SSSR count). The second-order valence-electron chi connectivity index (χ2n) is 8.81. The molecule has 4 fully saturated rings. The van der Waals surface area contributed by atoms with Gasteiger partial charge < -0.3 is 13.7 Å². The molecule has 24 heavy (non-hydrogen) atoms. The monoisotopic (exact) mass is 324 g/mol. The van der Waals surface area contributed by atoms with Crippen LogP contribution in [0, 0.1) is 24.2 Å². The lowest BCUT2D eigenvalue weighted by molar-refractivity contribution is -0.199. The zero-order valence-electron chi connectivity index (χ0n) is 15.0. The number of para-hydroxylation sites is 1. The molecule has 3 saturated carbocycles. The van der Waals surface area contributed by atoms with Crippen molar-refractivity contribution in [1.29, 1.82) is 0 Å². The summed E-state index contributed by atoms with van der Waals surface area (Å²) in [4.78, 5) is 0. The van der Waals surface area contributed by atoms with Gasteiger partial charge in [0.1, 0.15) is 5.58 Å². The van der Waals surface area contributed by atoms with Crippen LogP contribution >= 0.6 is 0 Å². The van der Waals surface area contributed by atoms with Crippen LogP contribution in [0.15, 0.2) is 28.9 Å². The molecule has 2 bridgehead atoms. The van der Waals surface area contributed by atoms with E-state index >= 15 is 0 Å². The largest absolute Gasteiger partial charge is 0.464 e. The fourth-order valence-electron chi connectivity index (χ4n) is 5.63. The summed E-state index contributed by atoms with van der Waals surface area (Å²) in [7, 11) is -0.156. The van der Waals surface area contributed by atoms with Gasteiger partial charge in [0.2, 0.25) is 0 Å². The first-order valence-electron chi connectivity index (χ1n) is 9.18. The molecule has 3 nitrogen and oxygen atoms in total. The Morgan fingerprint density at radius 2 is 2.04 bits per heavy atom. The Labute approximate surface area is 143 Å². The van der Waals surface area contributed by atoms with Gasteiger partial charge in [0.25, 0.3) is 0 Å². The van der Waals surface area contributed by atoms with Gasteiger partial charge in [0.05, 0.1) is 18.0 Å². The lowest BCUT2D eigenvalue weighted by atomic mass is 9.43. The van der Waals surface area contributed by atoms with Crippen LogP contribution in [-0.4, -0.2) is 18.8 Å². The molecule has 0 radical (unpaired) electrons. The molecule has 4 atom stereocenters. The van der Waals surface area contributed by atoms with Crippen molar-refractivity contribution in [1.82, 2.24) is 0 Å². The first kappa shape index (κ1) is 15.0. The summed E-state index contributed by atoms with van der Waals surface area (Å²) in [5, 5.41) is 1.19. The third-order valence-electron chi connectivity index (χ3n) is 7.27. The summed E-state index contributed by atoms with van der Waals surface area (Å²) in [6, 6.07) is 6.31. The molecular formula is C20H25BO3. The van der Waals surface area contributed by atoms with Gasteiger partial charge in [-0.25, -0.2) is 0 Å². The van der Waals surface area contributed by atoms with Gasteiger partial charge in [-0.15, -0.1) is 0 Å². The summed E-state index contributed by atoms with van der Waals surface area (Å²) in [5.41, 5.74) is 3.61. The molecule has 0 amide bonds. The van der Waals surface area contributed by atoms with E-state index in [1.165, 1.54) is 22.9 Å². The highest BCUT2D eigenvalue weighted by Crippen LogP contribution is 2.65. The van der Waals surface area contributed by atoms with Gasteiger partial charge in [0, 0.05) is 11.7 Å². The van der Waals surface area contributed by atoms with Gasteiger partial charge in [-0.1, -0.05) is 32.0 Å². The van der Waals surface area contributed by atoms with Crippen LogP contribution in [0.3, 0.4) is 0 Å². The lowest BCUT2D eigenvalue weighted by Crippen LogP contribution is -2.65. The van der Waals surface area contributed by atoms with Crippen LogP contribution in [0.25, 0.3) is 11.0 Å². The highest BCUT2D eigenvalue weighted by Gasteiger charge is 2.67. The Morgan fingerprint density at radius 3 is 2.83 bits per heavy atom. The Kier molecular flexibility index (Phi) is 2.93. The molecule has 1 aliphatic heterocycles. The molecule has 126 valence electrons. The Hall–Kier alpha value is -1.26. The molecule has 2 heterocycles. The van der Waals surface area contributed by atoms with Crippen LogP contribution in [0.1, 0.15) is 44.7 Å². The van der Waals surface area contributed by atoms with Crippen LogP contribution in [0.5, 0.6) is 0 Å². The summed E-state index contributed by atoms with van der Waals surface area (Å²) >= 11 is 0. The van der Waals surface area contributed by atoms with E-state index in [0.29, 0.717) is 11.3 Å². The minimum Gasteiger partial charge on any atom is -0.464 e. The van der Waals surface area contributed by atoms with Crippen molar-refractivity contribution >= 4 is 18.1 Å². The van der Waals surface area contributed by atoms with E-state index in [4.69, 9.17) is 13.7 Å². The van der Waals surface area contributed by atoms with Crippen molar-refractivity contribution in [3.8, 4) is 0 Å². The minimum atomic E-state index is -0.156. The quantitative estimate of drug-likeness (QED) is 0.760. The lowest BCUT2D eigenvalue weighted by Gasteiger charge is -2.64. The first-order chi connectivity index (χ1) is 11.4. The number of rotatable bonds is 2. The topological polar surface area (TPSA) is 31.6 Å². The zero-order valence-corrected chi connectivity index (χ0v) is 15.0. The van der Waals surface area contributed by atoms with Gasteiger partial charge in [-0.05, 0) is 55.1 Å². The molecule has 1 saturated heterocycles. The molecule has 4 aliphatic rings. The Morgan fingerprint density at radius 1 is 1.21 bits per heavy atom. The summed E-state index contributed by atoms with van der Waals surface area (Å²) in [6.07, 6.45) is 5.32. The van der Waals surface area contributed by atoms with Gasteiger partial charge in [-0.2, -0.15) is 0 Å². The molecule has 3 aliphatic carbocycles. The normalized spacial score (nSPS) is 36.7. The average Bonchev–Trinajstić information content (AvgIpc) is 3.08. The van der Waals surface area contributed by atoms with Crippen LogP contribution < -0.4 is 0 Å². The van der Waals surface area contributed by atoms with Crippen molar-refractivity contribution in [2.45, 2.75) is 58.6 Å². The van der Waals surface area contributed by atoms with E-state index in [1.807, 2.05) is 6.26 Å². The SMILES string of the molecule is Cc1cccc2c(CB3OC4C[C@@H]5C[C@@H](C5(C)C)[C@]4(C)O3)coc12. The predicted octanol–water partition coefficient (Wildman–Crippen LogP) is 4.55. The molecule has 1 unspecified atom stereocenters. The number of hydrogen-bond donors (Lipinski definition) is 0. The fraction of sp³-hybridized carbons (Fsp3) is 0.600. The molecule has 4 heteroatoms.